The van der Waals surface area contributed by atoms with Crippen LogP contribution in [0.1, 0.15) is 157 Å². The van der Waals surface area contributed by atoms with Crippen molar-refractivity contribution >= 4 is 55.8 Å². The number of allylic oxidation sites excluding steroid dienone is 11. The maximum atomic E-state index is 6.06. The van der Waals surface area contributed by atoms with Gasteiger partial charge >= 0.3 is 0 Å². The summed E-state index contributed by atoms with van der Waals surface area (Å²) in [7, 11) is 0. The summed E-state index contributed by atoms with van der Waals surface area (Å²) < 4.78 is 6.06. The molecule has 0 heterocycles. The first kappa shape index (κ1) is 68.1. The van der Waals surface area contributed by atoms with E-state index in [-0.39, 0.29) is 6.71 Å². The van der Waals surface area contributed by atoms with Crippen LogP contribution >= 0.6 is 0 Å². The number of hydrogen-bond donors (Lipinski definition) is 0. The van der Waals surface area contributed by atoms with E-state index in [1.54, 1.807) is 5.57 Å². The Morgan fingerprint density at radius 1 is 0.598 bits per heavy atom. The molecule has 0 aliphatic heterocycles. The Morgan fingerprint density at radius 2 is 1.21 bits per heavy atom. The fraction of sp³-hybridized carbons (Fsp3) is 0.289. The predicted molar refractivity (Wildman–Crippen MR) is 406 cm³/mol. The molecule has 9 aromatic rings. The third kappa shape index (κ3) is 18.5. The number of benzene rings is 9. The molecule has 2 heteroatoms. The van der Waals surface area contributed by atoms with Crippen molar-refractivity contribution in [2.45, 2.75) is 146 Å². The van der Waals surface area contributed by atoms with E-state index in [9.17, 15) is 0 Å². The van der Waals surface area contributed by atoms with E-state index < -0.39 is 0 Å². The van der Waals surface area contributed by atoms with E-state index in [1.165, 1.54) is 175 Å². The van der Waals surface area contributed by atoms with Gasteiger partial charge in [0.2, 0.25) is 6.71 Å². The molecule has 0 amide bonds. The molecule has 470 valence electrons. The topological polar surface area (TPSA) is 9.23 Å². The Bertz CT molecular complexity index is 4030. The van der Waals surface area contributed by atoms with E-state index in [4.69, 9.17) is 4.74 Å². The Morgan fingerprint density at radius 3 is 1.85 bits per heavy atom. The molecule has 2 atom stereocenters. The van der Waals surface area contributed by atoms with Gasteiger partial charge in [0, 0.05) is 0 Å². The van der Waals surface area contributed by atoms with E-state index in [2.05, 4.69) is 325 Å². The molecular formula is C90H101BO. The molecule has 92 heavy (non-hydrogen) atoms. The molecule has 0 N–H and O–H groups in total. The first-order valence-corrected chi connectivity index (χ1v) is 34.4. The van der Waals surface area contributed by atoms with Crippen LogP contribution in [-0.4, -0.2) is 19.9 Å². The van der Waals surface area contributed by atoms with Crippen LogP contribution in [0.25, 0.3) is 43.8 Å². The van der Waals surface area contributed by atoms with Crippen molar-refractivity contribution < 1.29 is 4.74 Å². The monoisotopic (exact) mass is 1210 g/mol. The van der Waals surface area contributed by atoms with Gasteiger partial charge in [-0.05, 0) is 213 Å². The number of ether oxygens (including phenoxy) is 1. The van der Waals surface area contributed by atoms with Crippen molar-refractivity contribution in [1.29, 1.82) is 0 Å². The van der Waals surface area contributed by atoms with Gasteiger partial charge in [0.05, 0.1) is 13.2 Å². The summed E-state index contributed by atoms with van der Waals surface area (Å²) in [5, 5.41) is 5.28. The van der Waals surface area contributed by atoms with Gasteiger partial charge in [-0.3, -0.25) is 0 Å². The lowest BCUT2D eigenvalue weighted by Gasteiger charge is -2.40. The van der Waals surface area contributed by atoms with Crippen molar-refractivity contribution in [3.05, 3.63) is 317 Å². The van der Waals surface area contributed by atoms with Crippen LogP contribution in [0.2, 0.25) is 0 Å². The minimum Gasteiger partial charge on any atom is -0.376 e. The van der Waals surface area contributed by atoms with Gasteiger partial charge in [-0.25, -0.2) is 0 Å². The SMILES string of the molecule is C/C=C\C(=C/CC)c1ccc(C)cc1.C=C(/C=C\C(C)=C(/C)c1cc(C2CCCC(C3=CC(C)=CCC3)C2)ccc1C)COCC1(CC)CCC1.Cc1ccc(-c2ccc(B(c3ccccc3)c3cccc4ccccc34)cc2)cc1.Cc1cccc2ccccc12. The number of hydrogen-bond acceptors (Lipinski definition) is 1. The van der Waals surface area contributed by atoms with E-state index in [0.717, 1.165) is 24.5 Å². The third-order valence-electron chi connectivity index (χ3n) is 19.7. The second kappa shape index (κ2) is 33.9. The highest BCUT2D eigenvalue weighted by Gasteiger charge is 2.35. The number of fused-ring (bicyclic) bond motifs is 2. The van der Waals surface area contributed by atoms with Gasteiger partial charge in [-0.15, -0.1) is 0 Å². The molecule has 3 aliphatic rings. The Labute approximate surface area is 555 Å². The lowest BCUT2D eigenvalue weighted by atomic mass is 9.36. The maximum Gasteiger partial charge on any atom is 0.241 e. The largest absolute Gasteiger partial charge is 0.376 e. The summed E-state index contributed by atoms with van der Waals surface area (Å²) in [5.74, 6) is 1.44. The van der Waals surface area contributed by atoms with Crippen LogP contribution in [0, 0.1) is 39.0 Å². The molecule has 0 radical (unpaired) electrons. The first-order chi connectivity index (χ1) is 44.7. The number of rotatable bonds is 17. The summed E-state index contributed by atoms with van der Waals surface area (Å²) in [5.41, 5.74) is 24.7. The van der Waals surface area contributed by atoms with Crippen LogP contribution < -0.4 is 16.4 Å². The van der Waals surface area contributed by atoms with Crippen molar-refractivity contribution in [3.63, 3.8) is 0 Å². The zero-order valence-corrected chi connectivity index (χ0v) is 57.2. The molecule has 0 aromatic heterocycles. The molecule has 0 bridgehead atoms. The molecule has 2 unspecified atom stereocenters. The lowest BCUT2D eigenvalue weighted by Crippen LogP contribution is -2.52. The van der Waals surface area contributed by atoms with Crippen molar-refractivity contribution in [2.24, 2.45) is 11.3 Å². The van der Waals surface area contributed by atoms with E-state index >= 15 is 0 Å². The Hall–Kier alpha value is -8.30. The smallest absolute Gasteiger partial charge is 0.241 e. The maximum absolute atomic E-state index is 6.06. The van der Waals surface area contributed by atoms with Gasteiger partial charge in [0.1, 0.15) is 0 Å². The van der Waals surface area contributed by atoms with Gasteiger partial charge in [-0.2, -0.15) is 0 Å². The highest BCUT2D eigenvalue weighted by molar-refractivity contribution is 6.96. The second-order valence-corrected chi connectivity index (χ2v) is 26.5. The second-order valence-electron chi connectivity index (χ2n) is 26.5. The lowest BCUT2D eigenvalue weighted by molar-refractivity contribution is -0.0000830. The van der Waals surface area contributed by atoms with E-state index in [1.807, 2.05) is 0 Å². The zero-order chi connectivity index (χ0) is 64.8. The quantitative estimate of drug-likeness (QED) is 0.0652. The molecule has 9 aromatic carbocycles. The Balaban J connectivity index is 0.000000160. The minimum atomic E-state index is 0.198. The average molecular weight is 1210 g/mol. The molecule has 0 saturated heterocycles. The van der Waals surface area contributed by atoms with Gasteiger partial charge < -0.3 is 4.74 Å². The van der Waals surface area contributed by atoms with Crippen LogP contribution in [0.3, 0.4) is 0 Å². The van der Waals surface area contributed by atoms with E-state index in [0.29, 0.717) is 17.9 Å². The normalized spacial score (nSPS) is 16.4. The van der Waals surface area contributed by atoms with Crippen LogP contribution in [0.4, 0.5) is 0 Å². The molecule has 12 rings (SSSR count). The standard InChI is InChI=1S/C36H50O.C29H23B.C14H18.C11H10/c1-7-36(19-10-20-36)25-37-24-27(3)15-16-28(4)30(6)35-23-34(18-17-29(35)5)33-14-9-13-32(22-33)31-12-8-11-26(2)21-31;1-22-14-16-23(17-15-22)24-18-20-27(21-19-24)30(26-10-3-2-4-11-26)29-13-7-9-25-8-5-6-12-28(25)29;1-4-6-13(7-5-2)14-10-8-12(3)9-11-14;1-9-5-4-7-10-6-2-3-8-11(9)10/h11,15-18,21,23,32-33H,3,7-10,12-14,19-20,22,24-25H2,1-2,4-6H3;2-21H,1H3;4,6-11H,5H2,1-3H3;2-8H,1H3/b16-15-,30-28+;;6-4-,13-7+;. The Kier molecular flexibility index (Phi) is 25.1. The number of aryl methyl sites for hydroxylation is 4. The van der Waals surface area contributed by atoms with Gasteiger partial charge in [0.25, 0.3) is 0 Å². The predicted octanol–water partition coefficient (Wildman–Crippen LogP) is 23.3. The summed E-state index contributed by atoms with van der Waals surface area (Å²) in [4.78, 5) is 0. The first-order valence-electron chi connectivity index (χ1n) is 34.4. The summed E-state index contributed by atoms with van der Waals surface area (Å²) in [6.07, 6.45) is 29.9. The molecule has 0 spiro atoms. The van der Waals surface area contributed by atoms with Crippen LogP contribution in [0.5, 0.6) is 0 Å². The molecule has 2 saturated carbocycles. The van der Waals surface area contributed by atoms with Gasteiger partial charge in [0.15, 0.2) is 0 Å². The summed E-state index contributed by atoms with van der Waals surface area (Å²) >= 11 is 0. The van der Waals surface area contributed by atoms with Crippen molar-refractivity contribution in [2.75, 3.05) is 13.2 Å². The summed E-state index contributed by atoms with van der Waals surface area (Å²) in [6.45, 7) is 27.9. The molecule has 1 nitrogen and oxygen atoms in total. The highest BCUT2D eigenvalue weighted by Crippen LogP contribution is 2.44. The average Bonchev–Trinajstić information content (AvgIpc) is 0.820. The van der Waals surface area contributed by atoms with Crippen LogP contribution in [-0.2, 0) is 4.74 Å². The highest BCUT2D eigenvalue weighted by atomic mass is 16.5. The van der Waals surface area contributed by atoms with Gasteiger partial charge in [-0.1, -0.05) is 321 Å². The minimum absolute atomic E-state index is 0.198. The zero-order valence-electron chi connectivity index (χ0n) is 57.2. The molecular weight excluding hydrogens is 1110 g/mol. The van der Waals surface area contributed by atoms with Crippen molar-refractivity contribution in [1.82, 2.24) is 0 Å². The van der Waals surface area contributed by atoms with Crippen molar-refractivity contribution in [3.8, 4) is 11.1 Å². The van der Waals surface area contributed by atoms with Crippen LogP contribution in [0.15, 0.2) is 278 Å². The third-order valence-corrected chi connectivity index (χ3v) is 19.7. The molecule has 2 fully saturated rings. The summed E-state index contributed by atoms with van der Waals surface area (Å²) in [6, 6.07) is 74.7. The fourth-order valence-corrected chi connectivity index (χ4v) is 13.8. The molecule has 3 aliphatic carbocycles. The fourth-order valence-electron chi connectivity index (χ4n) is 13.8.